The molecule has 0 radical (unpaired) electrons. The van der Waals surface area contributed by atoms with Crippen molar-refractivity contribution in [2.75, 3.05) is 12.8 Å². The van der Waals surface area contributed by atoms with Gasteiger partial charge < -0.3 is 5.73 Å². The zero-order valence-electron chi connectivity index (χ0n) is 10.9. The third-order valence-electron chi connectivity index (χ3n) is 2.91. The summed E-state index contributed by atoms with van der Waals surface area (Å²) in [5.41, 5.74) is 9.04. The molecular formula is C13H9BrN6S. The maximum Gasteiger partial charge on any atom is 0.213 e. The molecule has 0 atom stereocenters. The lowest BCUT2D eigenvalue weighted by atomic mass is 10.0. The Balaban J connectivity index is 2.19. The van der Waals surface area contributed by atoms with Crippen molar-refractivity contribution in [3.8, 4) is 17.3 Å². The molecule has 0 saturated carbocycles. The van der Waals surface area contributed by atoms with Crippen LogP contribution in [0.3, 0.4) is 0 Å². The van der Waals surface area contributed by atoms with Crippen LogP contribution in [0.5, 0.6) is 0 Å². The van der Waals surface area contributed by atoms with E-state index in [0.717, 1.165) is 20.1 Å². The lowest BCUT2D eigenvalue weighted by Gasteiger charge is -2.05. The lowest BCUT2D eigenvalue weighted by Crippen LogP contribution is -1.98. The van der Waals surface area contributed by atoms with Gasteiger partial charge in [0, 0.05) is 24.4 Å². The van der Waals surface area contributed by atoms with E-state index in [9.17, 15) is 5.26 Å². The number of nitrogen functional groups attached to an aromatic ring is 1. The first kappa shape index (κ1) is 13.7. The van der Waals surface area contributed by atoms with E-state index in [2.05, 4.69) is 37.1 Å². The maximum atomic E-state index is 9.20. The van der Waals surface area contributed by atoms with Crippen LogP contribution in [0.25, 0.3) is 16.2 Å². The van der Waals surface area contributed by atoms with Crippen LogP contribution in [-0.2, 0) is 0 Å². The summed E-state index contributed by atoms with van der Waals surface area (Å²) < 4.78 is 2.46. The minimum atomic E-state index is 0.410. The Morgan fingerprint density at radius 2 is 2.33 bits per heavy atom. The second-order valence-electron chi connectivity index (χ2n) is 4.23. The van der Waals surface area contributed by atoms with Crippen LogP contribution in [0, 0.1) is 11.3 Å². The molecular weight excluding hydrogens is 352 g/mol. The van der Waals surface area contributed by atoms with Crippen LogP contribution in [0.15, 0.2) is 27.2 Å². The Bertz CT molecular complexity index is 870. The highest BCUT2D eigenvalue weighted by Crippen LogP contribution is 2.28. The Kier molecular flexibility index (Phi) is 3.45. The smallest absolute Gasteiger partial charge is 0.213 e. The third-order valence-corrected chi connectivity index (χ3v) is 4.27. The number of imidazole rings is 1. The van der Waals surface area contributed by atoms with Crippen LogP contribution in [0.4, 0.5) is 5.69 Å². The second kappa shape index (κ2) is 5.27. The molecule has 0 aliphatic carbocycles. The molecule has 0 amide bonds. The Hall–Kier alpha value is -2.24. The Morgan fingerprint density at radius 3 is 3.00 bits per heavy atom. The average Bonchev–Trinajstić information content (AvgIpc) is 2.98. The predicted octanol–water partition coefficient (Wildman–Crippen LogP) is 2.72. The number of fused-ring (bicyclic) bond motifs is 1. The molecule has 0 fully saturated rings. The normalized spacial score (nSPS) is 11.3. The van der Waals surface area contributed by atoms with Crippen LogP contribution in [-0.4, -0.2) is 27.9 Å². The van der Waals surface area contributed by atoms with Crippen molar-refractivity contribution in [3.05, 3.63) is 33.4 Å². The van der Waals surface area contributed by atoms with E-state index in [-0.39, 0.29) is 0 Å². The summed E-state index contributed by atoms with van der Waals surface area (Å²) in [6, 6.07) is 5.69. The van der Waals surface area contributed by atoms with E-state index in [1.54, 1.807) is 23.8 Å². The highest BCUT2D eigenvalue weighted by Gasteiger charge is 2.12. The number of anilines is 1. The third kappa shape index (κ3) is 2.41. The zero-order valence-corrected chi connectivity index (χ0v) is 13.3. The van der Waals surface area contributed by atoms with Crippen LogP contribution in [0.2, 0.25) is 0 Å². The van der Waals surface area contributed by atoms with Gasteiger partial charge in [0.15, 0.2) is 3.92 Å². The highest BCUT2D eigenvalue weighted by atomic mass is 79.9. The molecule has 0 bridgehead atoms. The standard InChI is InChI=1S/C13H9BrN6S/c1-17-5-9-3-7(2-8(4-15)11(9)16)10-6-20-13(18-10)21-12(14)19-20/h2-3,5-6H,16H2,1H3. The van der Waals surface area contributed by atoms with Crippen molar-refractivity contribution in [2.24, 2.45) is 4.99 Å². The number of hydrogen-bond acceptors (Lipinski definition) is 6. The van der Waals surface area contributed by atoms with Gasteiger partial charge >= 0.3 is 0 Å². The molecule has 0 unspecified atom stereocenters. The van der Waals surface area contributed by atoms with Gasteiger partial charge in [-0.05, 0) is 28.1 Å². The Morgan fingerprint density at radius 1 is 1.52 bits per heavy atom. The number of rotatable bonds is 2. The Labute approximate surface area is 132 Å². The van der Waals surface area contributed by atoms with Gasteiger partial charge in [0.25, 0.3) is 0 Å². The number of nitrogens with zero attached hydrogens (tertiary/aromatic N) is 5. The maximum absolute atomic E-state index is 9.20. The van der Waals surface area contributed by atoms with Gasteiger partial charge in [-0.15, -0.1) is 5.10 Å². The molecule has 0 aliphatic rings. The number of nitriles is 1. The molecule has 21 heavy (non-hydrogen) atoms. The fourth-order valence-electron chi connectivity index (χ4n) is 1.98. The van der Waals surface area contributed by atoms with Gasteiger partial charge in [0.1, 0.15) is 6.07 Å². The summed E-state index contributed by atoms with van der Waals surface area (Å²) >= 11 is 4.76. The molecule has 2 heterocycles. The first-order valence-electron chi connectivity index (χ1n) is 5.90. The van der Waals surface area contributed by atoms with Crippen LogP contribution < -0.4 is 5.73 Å². The molecule has 8 heteroatoms. The van der Waals surface area contributed by atoms with E-state index in [0.29, 0.717) is 16.8 Å². The van der Waals surface area contributed by atoms with Crippen molar-refractivity contribution in [3.63, 3.8) is 0 Å². The summed E-state index contributed by atoms with van der Waals surface area (Å²) in [4.78, 5) is 9.25. The van der Waals surface area contributed by atoms with Crippen LogP contribution in [0.1, 0.15) is 11.1 Å². The van der Waals surface area contributed by atoms with Gasteiger partial charge in [-0.2, -0.15) is 5.26 Å². The quantitative estimate of drug-likeness (QED) is 0.561. The molecule has 0 saturated heterocycles. The van der Waals surface area contributed by atoms with E-state index in [1.165, 1.54) is 11.3 Å². The van der Waals surface area contributed by atoms with Crippen molar-refractivity contribution >= 4 is 44.1 Å². The molecule has 6 nitrogen and oxygen atoms in total. The number of benzene rings is 1. The summed E-state index contributed by atoms with van der Waals surface area (Å²) in [7, 11) is 1.66. The van der Waals surface area contributed by atoms with Crippen molar-refractivity contribution in [2.45, 2.75) is 0 Å². The molecule has 3 aromatic rings. The summed E-state index contributed by atoms with van der Waals surface area (Å²) in [6.07, 6.45) is 3.45. The number of halogens is 1. The van der Waals surface area contributed by atoms with E-state index >= 15 is 0 Å². The molecule has 104 valence electrons. The first-order valence-corrected chi connectivity index (χ1v) is 7.51. The highest BCUT2D eigenvalue weighted by molar-refractivity contribution is 9.11. The molecule has 2 N–H and O–H groups in total. The van der Waals surface area contributed by atoms with Crippen molar-refractivity contribution in [1.29, 1.82) is 5.26 Å². The fraction of sp³-hybridized carbons (Fsp3) is 0.0769. The zero-order chi connectivity index (χ0) is 15.0. The molecule has 0 spiro atoms. The number of hydrogen-bond donors (Lipinski definition) is 1. The molecule has 2 aromatic heterocycles. The minimum Gasteiger partial charge on any atom is -0.397 e. The van der Waals surface area contributed by atoms with Gasteiger partial charge in [-0.3, -0.25) is 4.99 Å². The first-order chi connectivity index (χ1) is 10.1. The second-order valence-corrected chi connectivity index (χ2v) is 6.47. The number of aromatic nitrogens is 3. The van der Waals surface area contributed by atoms with E-state index < -0.39 is 0 Å². The fourth-order valence-corrected chi connectivity index (χ4v) is 3.19. The van der Waals surface area contributed by atoms with Crippen molar-refractivity contribution in [1.82, 2.24) is 14.6 Å². The molecule has 3 rings (SSSR count). The minimum absolute atomic E-state index is 0.410. The topological polar surface area (TPSA) is 92.4 Å². The van der Waals surface area contributed by atoms with Crippen molar-refractivity contribution < 1.29 is 0 Å². The summed E-state index contributed by atoms with van der Waals surface area (Å²) in [5, 5.41) is 13.5. The van der Waals surface area contributed by atoms with E-state index in [1.807, 2.05) is 12.3 Å². The molecule has 1 aromatic carbocycles. The van der Waals surface area contributed by atoms with Gasteiger partial charge in [0.2, 0.25) is 4.96 Å². The van der Waals surface area contributed by atoms with Gasteiger partial charge in [-0.1, -0.05) is 11.3 Å². The molecule has 0 aliphatic heterocycles. The van der Waals surface area contributed by atoms with E-state index in [4.69, 9.17) is 5.73 Å². The monoisotopic (exact) mass is 360 g/mol. The summed E-state index contributed by atoms with van der Waals surface area (Å²) in [5.74, 6) is 0. The van der Waals surface area contributed by atoms with Crippen LogP contribution >= 0.6 is 27.3 Å². The van der Waals surface area contributed by atoms with Gasteiger partial charge in [0.05, 0.1) is 23.1 Å². The lowest BCUT2D eigenvalue weighted by molar-refractivity contribution is 0.959. The number of nitrogens with two attached hydrogens (primary N) is 1. The average molecular weight is 361 g/mol. The predicted molar refractivity (Wildman–Crippen MR) is 86.6 cm³/mol. The van der Waals surface area contributed by atoms with Gasteiger partial charge in [-0.25, -0.2) is 9.50 Å². The summed E-state index contributed by atoms with van der Waals surface area (Å²) in [6.45, 7) is 0. The number of aliphatic imine (C=N–C) groups is 1. The SMILES string of the molecule is CN=Cc1cc(-c2cn3nc(Br)sc3n2)cc(C#N)c1N. The largest absolute Gasteiger partial charge is 0.397 e.